The van der Waals surface area contributed by atoms with E-state index in [1.165, 1.54) is 0 Å². The fraction of sp³-hybridized carbons (Fsp3) is 0.692. The molecule has 3 rings (SSSR count). The molecule has 8 heteroatoms. The summed E-state index contributed by atoms with van der Waals surface area (Å²) in [5.74, 6) is -1.12. The van der Waals surface area contributed by atoms with Gasteiger partial charge in [-0.25, -0.2) is 9.07 Å². The fourth-order valence-corrected chi connectivity index (χ4v) is 2.87. The molecule has 2 aliphatic rings. The van der Waals surface area contributed by atoms with E-state index in [2.05, 4.69) is 5.10 Å². The Balaban J connectivity index is 2.10. The molecule has 1 fully saturated rings. The molecule has 0 amide bonds. The maximum absolute atomic E-state index is 13.5. The summed E-state index contributed by atoms with van der Waals surface area (Å²) in [6, 6.07) is 0. The summed E-state index contributed by atoms with van der Waals surface area (Å²) >= 11 is 0. The highest BCUT2D eigenvalue weighted by atomic mass is 19.4. The van der Waals surface area contributed by atoms with Crippen LogP contribution in [0.2, 0.25) is 0 Å². The van der Waals surface area contributed by atoms with Crippen molar-refractivity contribution in [2.75, 3.05) is 6.61 Å². The smallest absolute Gasteiger partial charge is 0.357 e. The Labute approximate surface area is 118 Å². The summed E-state index contributed by atoms with van der Waals surface area (Å²) < 4.78 is 59.3. The predicted molar refractivity (Wildman–Crippen MR) is 63.6 cm³/mol. The van der Waals surface area contributed by atoms with E-state index in [1.807, 2.05) is 0 Å². The lowest BCUT2D eigenvalue weighted by Crippen LogP contribution is -2.28. The van der Waals surface area contributed by atoms with Gasteiger partial charge in [0.15, 0.2) is 11.9 Å². The minimum absolute atomic E-state index is 0.0607. The van der Waals surface area contributed by atoms with Gasteiger partial charge in [-0.3, -0.25) is 4.79 Å². The maximum Gasteiger partial charge on any atom is 0.435 e. The van der Waals surface area contributed by atoms with Crippen LogP contribution < -0.4 is 0 Å². The standard InChI is InChI=1S/C13H14F4N2O2/c14-7-4-5-8-10(11(7)20)12(13(15,16)17)18-19(8)9-3-1-2-6-21-9/h7,9H,1-6H2. The first-order chi connectivity index (χ1) is 9.89. The molecule has 2 unspecified atom stereocenters. The number of halogens is 4. The lowest BCUT2D eigenvalue weighted by atomic mass is 9.92. The zero-order chi connectivity index (χ0) is 15.2. The second kappa shape index (κ2) is 5.08. The number of ether oxygens (including phenoxy) is 1. The zero-order valence-electron chi connectivity index (χ0n) is 11.1. The highest BCUT2D eigenvalue weighted by molar-refractivity contribution is 6.02. The van der Waals surface area contributed by atoms with E-state index in [4.69, 9.17) is 4.74 Å². The first-order valence-corrected chi connectivity index (χ1v) is 6.88. The Morgan fingerprint density at radius 2 is 2.00 bits per heavy atom. The van der Waals surface area contributed by atoms with Gasteiger partial charge in [0, 0.05) is 6.61 Å². The van der Waals surface area contributed by atoms with Gasteiger partial charge < -0.3 is 4.74 Å². The van der Waals surface area contributed by atoms with Crippen molar-refractivity contribution in [3.63, 3.8) is 0 Å². The van der Waals surface area contributed by atoms with Crippen molar-refractivity contribution in [3.05, 3.63) is 17.0 Å². The van der Waals surface area contributed by atoms with Gasteiger partial charge in [0.05, 0.1) is 11.3 Å². The summed E-state index contributed by atoms with van der Waals surface area (Å²) in [5.41, 5.74) is -1.76. The molecule has 1 aromatic heterocycles. The van der Waals surface area contributed by atoms with Crippen LogP contribution >= 0.6 is 0 Å². The molecule has 0 radical (unpaired) electrons. The van der Waals surface area contributed by atoms with Gasteiger partial charge in [0.2, 0.25) is 5.78 Å². The third kappa shape index (κ3) is 2.45. The minimum Gasteiger partial charge on any atom is -0.357 e. The Morgan fingerprint density at radius 1 is 1.24 bits per heavy atom. The van der Waals surface area contributed by atoms with Gasteiger partial charge in [0.1, 0.15) is 6.23 Å². The molecular formula is C13H14F4N2O2. The summed E-state index contributed by atoms with van der Waals surface area (Å²) in [6.45, 7) is 0.445. The van der Waals surface area contributed by atoms with Gasteiger partial charge in [-0.05, 0) is 32.1 Å². The normalized spacial score (nSPS) is 26.8. The molecule has 1 aliphatic carbocycles. The minimum atomic E-state index is -4.78. The first-order valence-electron chi connectivity index (χ1n) is 6.88. The van der Waals surface area contributed by atoms with E-state index in [1.54, 1.807) is 0 Å². The van der Waals surface area contributed by atoms with E-state index in [9.17, 15) is 22.4 Å². The van der Waals surface area contributed by atoms with Crippen LogP contribution in [0.15, 0.2) is 0 Å². The predicted octanol–water partition coefficient (Wildman–Crippen LogP) is 3.07. The van der Waals surface area contributed by atoms with E-state index < -0.39 is 35.6 Å². The second-order valence-electron chi connectivity index (χ2n) is 5.30. The lowest BCUT2D eigenvalue weighted by Gasteiger charge is -2.25. The molecular weight excluding hydrogens is 292 g/mol. The summed E-state index contributed by atoms with van der Waals surface area (Å²) in [6.07, 6.45) is -5.11. The van der Waals surface area contributed by atoms with Crippen LogP contribution in [0.25, 0.3) is 0 Å². The molecule has 0 spiro atoms. The van der Waals surface area contributed by atoms with E-state index in [-0.39, 0.29) is 18.5 Å². The van der Waals surface area contributed by atoms with Gasteiger partial charge in [-0.15, -0.1) is 0 Å². The van der Waals surface area contributed by atoms with Crippen molar-refractivity contribution in [2.45, 2.75) is 50.7 Å². The highest BCUT2D eigenvalue weighted by Crippen LogP contribution is 2.38. The number of carbonyl (C=O) groups excluding carboxylic acids is 1. The fourth-order valence-electron chi connectivity index (χ4n) is 2.87. The molecule has 1 saturated heterocycles. The molecule has 4 nitrogen and oxygen atoms in total. The Hall–Kier alpha value is -1.44. The quantitative estimate of drug-likeness (QED) is 0.749. The van der Waals surface area contributed by atoms with Crippen LogP contribution in [-0.4, -0.2) is 28.3 Å². The Bertz CT molecular complexity index is 561. The molecule has 0 bridgehead atoms. The number of hydrogen-bond donors (Lipinski definition) is 0. The van der Waals surface area contributed by atoms with Crippen molar-refractivity contribution in [1.82, 2.24) is 9.78 Å². The van der Waals surface area contributed by atoms with Crippen molar-refractivity contribution < 1.29 is 27.1 Å². The molecule has 21 heavy (non-hydrogen) atoms. The zero-order valence-corrected chi connectivity index (χ0v) is 11.1. The van der Waals surface area contributed by atoms with Crippen molar-refractivity contribution in [3.8, 4) is 0 Å². The maximum atomic E-state index is 13.5. The largest absolute Gasteiger partial charge is 0.435 e. The molecule has 0 aromatic carbocycles. The van der Waals surface area contributed by atoms with Crippen molar-refractivity contribution >= 4 is 5.78 Å². The second-order valence-corrected chi connectivity index (χ2v) is 5.30. The van der Waals surface area contributed by atoms with Gasteiger partial charge in [-0.2, -0.15) is 18.3 Å². The van der Waals surface area contributed by atoms with Crippen LogP contribution in [0.3, 0.4) is 0 Å². The van der Waals surface area contributed by atoms with Crippen molar-refractivity contribution in [2.24, 2.45) is 0 Å². The average Bonchev–Trinajstić information content (AvgIpc) is 2.84. The average molecular weight is 306 g/mol. The summed E-state index contributed by atoms with van der Waals surface area (Å²) in [4.78, 5) is 11.8. The van der Waals surface area contributed by atoms with Crippen LogP contribution in [0.4, 0.5) is 17.6 Å². The number of aromatic nitrogens is 2. The molecule has 1 aliphatic heterocycles. The van der Waals surface area contributed by atoms with Gasteiger partial charge in [-0.1, -0.05) is 0 Å². The molecule has 2 atom stereocenters. The van der Waals surface area contributed by atoms with Gasteiger partial charge >= 0.3 is 6.18 Å². The molecule has 0 N–H and O–H groups in total. The van der Waals surface area contributed by atoms with Crippen LogP contribution in [0, 0.1) is 0 Å². The highest BCUT2D eigenvalue weighted by Gasteiger charge is 2.45. The molecule has 1 aromatic rings. The number of nitrogens with zero attached hydrogens (tertiary/aromatic N) is 2. The first kappa shape index (κ1) is 14.5. The van der Waals surface area contributed by atoms with Crippen LogP contribution in [0.1, 0.15) is 53.7 Å². The lowest BCUT2D eigenvalue weighted by molar-refractivity contribution is -0.142. The number of ketones is 1. The summed E-state index contributed by atoms with van der Waals surface area (Å²) in [7, 11) is 0. The molecule has 2 heterocycles. The van der Waals surface area contributed by atoms with E-state index in [0.29, 0.717) is 13.0 Å². The summed E-state index contributed by atoms with van der Waals surface area (Å²) in [5, 5.41) is 3.55. The molecule has 0 saturated carbocycles. The number of rotatable bonds is 1. The van der Waals surface area contributed by atoms with E-state index >= 15 is 0 Å². The SMILES string of the molecule is O=C1c2c(C(F)(F)F)nn(C3CCCCO3)c2CCC1F. The Kier molecular flexibility index (Phi) is 3.51. The topological polar surface area (TPSA) is 44.1 Å². The number of hydrogen-bond acceptors (Lipinski definition) is 3. The van der Waals surface area contributed by atoms with Crippen molar-refractivity contribution in [1.29, 1.82) is 0 Å². The van der Waals surface area contributed by atoms with E-state index in [0.717, 1.165) is 17.5 Å². The van der Waals surface area contributed by atoms with Gasteiger partial charge in [0.25, 0.3) is 0 Å². The Morgan fingerprint density at radius 3 is 2.62 bits per heavy atom. The number of alkyl halides is 4. The molecule has 116 valence electrons. The monoisotopic (exact) mass is 306 g/mol. The number of fused-ring (bicyclic) bond motifs is 1. The van der Waals surface area contributed by atoms with Crippen LogP contribution in [-0.2, 0) is 17.3 Å². The van der Waals surface area contributed by atoms with Crippen LogP contribution in [0.5, 0.6) is 0 Å². The third-order valence-corrected chi connectivity index (χ3v) is 3.87. The number of carbonyl (C=O) groups is 1. The number of Topliss-reactive ketones (excluding diaryl/α,β-unsaturated/α-hetero) is 1. The third-order valence-electron chi connectivity index (χ3n) is 3.87.